The Labute approximate surface area is 127 Å². The quantitative estimate of drug-likeness (QED) is 0.398. The first-order chi connectivity index (χ1) is 9.16. The van der Waals surface area contributed by atoms with Crippen LogP contribution in [0.1, 0.15) is 59.8 Å². The van der Waals surface area contributed by atoms with Crippen molar-refractivity contribution in [2.75, 3.05) is 34.7 Å². The number of guanidine groups is 1. The Morgan fingerprint density at radius 3 is 1.85 bits per heavy atom. The van der Waals surface area contributed by atoms with E-state index in [4.69, 9.17) is 0 Å². The van der Waals surface area contributed by atoms with Crippen molar-refractivity contribution in [1.29, 1.82) is 0 Å². The molecule has 1 unspecified atom stereocenters. The lowest BCUT2D eigenvalue weighted by atomic mass is 9.79. The second-order valence-corrected chi connectivity index (χ2v) is 7.44. The van der Waals surface area contributed by atoms with Crippen molar-refractivity contribution in [2.24, 2.45) is 16.3 Å². The van der Waals surface area contributed by atoms with E-state index < -0.39 is 0 Å². The van der Waals surface area contributed by atoms with Gasteiger partial charge in [-0.1, -0.05) is 53.4 Å². The molecule has 0 rings (SSSR count). The minimum absolute atomic E-state index is 0.455. The van der Waals surface area contributed by atoms with Gasteiger partial charge in [0.15, 0.2) is 5.96 Å². The number of nitrogens with zero attached hydrogens (tertiary/aromatic N) is 3. The molecule has 0 aromatic heterocycles. The van der Waals surface area contributed by atoms with Crippen molar-refractivity contribution < 1.29 is 0 Å². The minimum Gasteiger partial charge on any atom is -0.349 e. The minimum atomic E-state index is 0.455. The highest BCUT2D eigenvalue weighted by atomic mass is 15.3. The molecule has 0 saturated heterocycles. The molecule has 0 heterocycles. The fraction of sp³-hybridized carbons (Fsp3) is 0.941. The normalized spacial score (nSPS) is 13.0. The molecule has 0 spiro atoms. The highest BCUT2D eigenvalue weighted by Crippen LogP contribution is 2.29. The lowest BCUT2D eigenvalue weighted by molar-refractivity contribution is 0.240. The van der Waals surface area contributed by atoms with Crippen molar-refractivity contribution >= 4 is 5.96 Å². The van der Waals surface area contributed by atoms with Crippen LogP contribution in [0.3, 0.4) is 0 Å². The van der Waals surface area contributed by atoms with Gasteiger partial charge in [0.25, 0.3) is 0 Å². The zero-order valence-corrected chi connectivity index (χ0v) is 15.2. The predicted octanol–water partition coefficient (Wildman–Crippen LogP) is 4.10. The SMILES string of the molecule is CC(CCCCCCN=C(N(C)C)N(C)C)C(C)(C)C. The summed E-state index contributed by atoms with van der Waals surface area (Å²) in [7, 11) is 8.19. The Morgan fingerprint density at radius 2 is 1.40 bits per heavy atom. The van der Waals surface area contributed by atoms with Crippen LogP contribution in [0.25, 0.3) is 0 Å². The summed E-state index contributed by atoms with van der Waals surface area (Å²) in [6, 6.07) is 0. The van der Waals surface area contributed by atoms with Gasteiger partial charge >= 0.3 is 0 Å². The Morgan fingerprint density at radius 1 is 0.900 bits per heavy atom. The van der Waals surface area contributed by atoms with Gasteiger partial charge in [-0.2, -0.15) is 0 Å². The molecule has 0 aromatic rings. The number of hydrogen-bond acceptors (Lipinski definition) is 1. The van der Waals surface area contributed by atoms with Crippen molar-refractivity contribution in [3.63, 3.8) is 0 Å². The van der Waals surface area contributed by atoms with Crippen molar-refractivity contribution in [3.05, 3.63) is 0 Å². The third-order valence-electron chi connectivity index (χ3n) is 4.08. The van der Waals surface area contributed by atoms with E-state index in [2.05, 4.69) is 42.5 Å². The summed E-state index contributed by atoms with van der Waals surface area (Å²) >= 11 is 0. The van der Waals surface area contributed by atoms with Crippen LogP contribution in [-0.2, 0) is 0 Å². The zero-order chi connectivity index (χ0) is 15.8. The van der Waals surface area contributed by atoms with Crippen LogP contribution < -0.4 is 0 Å². The standard InChI is InChI=1S/C17H37N3/c1-15(17(2,3)4)13-11-9-10-12-14-18-16(19(5)6)20(7)8/h15H,9-14H2,1-8H3. The van der Waals surface area contributed by atoms with E-state index in [0.717, 1.165) is 18.4 Å². The Hall–Kier alpha value is -0.730. The first kappa shape index (κ1) is 19.3. The third kappa shape index (κ3) is 8.44. The smallest absolute Gasteiger partial charge is 0.195 e. The molecule has 3 nitrogen and oxygen atoms in total. The van der Waals surface area contributed by atoms with Gasteiger partial charge in [0.1, 0.15) is 0 Å². The summed E-state index contributed by atoms with van der Waals surface area (Å²) in [6.45, 7) is 10.4. The molecule has 0 fully saturated rings. The molecule has 0 aliphatic carbocycles. The molecule has 1 atom stereocenters. The van der Waals surface area contributed by atoms with Crippen LogP contribution in [0.2, 0.25) is 0 Å². The molecule has 0 radical (unpaired) electrons. The van der Waals surface area contributed by atoms with Gasteiger partial charge in [-0.25, -0.2) is 0 Å². The fourth-order valence-electron chi connectivity index (χ4n) is 2.21. The second kappa shape index (κ2) is 9.25. The summed E-state index contributed by atoms with van der Waals surface area (Å²) in [4.78, 5) is 8.81. The van der Waals surface area contributed by atoms with Gasteiger partial charge in [-0.3, -0.25) is 4.99 Å². The molecule has 0 aliphatic heterocycles. The van der Waals surface area contributed by atoms with Gasteiger partial charge in [0, 0.05) is 34.7 Å². The topological polar surface area (TPSA) is 18.8 Å². The first-order valence-electron chi connectivity index (χ1n) is 8.05. The van der Waals surface area contributed by atoms with Gasteiger partial charge in [-0.05, 0) is 17.8 Å². The largest absolute Gasteiger partial charge is 0.349 e. The summed E-state index contributed by atoms with van der Waals surface area (Å²) in [6.07, 6.45) is 6.56. The maximum absolute atomic E-state index is 4.66. The summed E-state index contributed by atoms with van der Waals surface area (Å²) in [5.74, 6) is 1.88. The number of unbranched alkanes of at least 4 members (excludes halogenated alkanes) is 3. The van der Waals surface area contributed by atoms with Crippen LogP contribution in [-0.4, -0.2) is 50.5 Å². The van der Waals surface area contributed by atoms with E-state index in [1.165, 1.54) is 32.1 Å². The molecule has 0 amide bonds. The zero-order valence-electron chi connectivity index (χ0n) is 15.2. The third-order valence-corrected chi connectivity index (χ3v) is 4.08. The molecule has 0 aromatic carbocycles. The van der Waals surface area contributed by atoms with Gasteiger partial charge in [0.05, 0.1) is 0 Å². The highest BCUT2D eigenvalue weighted by Gasteiger charge is 2.18. The van der Waals surface area contributed by atoms with E-state index in [0.29, 0.717) is 5.41 Å². The van der Waals surface area contributed by atoms with E-state index in [1.807, 2.05) is 28.2 Å². The van der Waals surface area contributed by atoms with Crippen LogP contribution in [0, 0.1) is 11.3 Å². The van der Waals surface area contributed by atoms with Gasteiger partial charge in [0.2, 0.25) is 0 Å². The molecule has 0 bridgehead atoms. The number of rotatable bonds is 7. The van der Waals surface area contributed by atoms with Crippen LogP contribution in [0.4, 0.5) is 0 Å². The maximum Gasteiger partial charge on any atom is 0.195 e. The van der Waals surface area contributed by atoms with Gasteiger partial charge < -0.3 is 9.80 Å². The van der Waals surface area contributed by atoms with Crippen molar-refractivity contribution in [1.82, 2.24) is 9.80 Å². The average Bonchev–Trinajstić information content (AvgIpc) is 2.29. The summed E-state index contributed by atoms with van der Waals surface area (Å²) in [5, 5.41) is 0. The maximum atomic E-state index is 4.66. The van der Waals surface area contributed by atoms with Crippen LogP contribution >= 0.6 is 0 Å². The molecule has 20 heavy (non-hydrogen) atoms. The number of hydrogen-bond donors (Lipinski definition) is 0. The van der Waals surface area contributed by atoms with Crippen molar-refractivity contribution in [3.8, 4) is 0 Å². The summed E-state index contributed by atoms with van der Waals surface area (Å²) in [5.41, 5.74) is 0.455. The monoisotopic (exact) mass is 283 g/mol. The molecule has 120 valence electrons. The second-order valence-electron chi connectivity index (χ2n) is 7.44. The first-order valence-corrected chi connectivity index (χ1v) is 8.05. The molecule has 0 saturated carbocycles. The molecule has 0 N–H and O–H groups in total. The van der Waals surface area contributed by atoms with Crippen molar-refractivity contribution in [2.45, 2.75) is 59.8 Å². The Kier molecular flexibility index (Phi) is 8.91. The van der Waals surface area contributed by atoms with E-state index >= 15 is 0 Å². The van der Waals surface area contributed by atoms with Gasteiger partial charge in [-0.15, -0.1) is 0 Å². The fourth-order valence-corrected chi connectivity index (χ4v) is 2.21. The predicted molar refractivity (Wildman–Crippen MR) is 91.4 cm³/mol. The number of aliphatic imine (C=N–C) groups is 1. The van der Waals surface area contributed by atoms with E-state index in [-0.39, 0.29) is 0 Å². The van der Waals surface area contributed by atoms with E-state index in [1.54, 1.807) is 0 Å². The van der Waals surface area contributed by atoms with E-state index in [9.17, 15) is 0 Å². The Balaban J connectivity index is 3.75. The lowest BCUT2D eigenvalue weighted by Crippen LogP contribution is -2.35. The van der Waals surface area contributed by atoms with Crippen LogP contribution in [0.15, 0.2) is 4.99 Å². The molecule has 0 aliphatic rings. The molecule has 3 heteroatoms. The lowest BCUT2D eigenvalue weighted by Gasteiger charge is -2.27. The molecular weight excluding hydrogens is 246 g/mol. The summed E-state index contributed by atoms with van der Waals surface area (Å²) < 4.78 is 0. The molecular formula is C17H37N3. The van der Waals surface area contributed by atoms with Crippen LogP contribution in [0.5, 0.6) is 0 Å². The average molecular weight is 284 g/mol. The highest BCUT2D eigenvalue weighted by molar-refractivity contribution is 5.79. The Bertz CT molecular complexity index is 264.